The van der Waals surface area contributed by atoms with E-state index in [1.54, 1.807) is 6.20 Å². The molecule has 4 rings (SSSR count). The number of aromatic nitrogens is 4. The normalized spacial score (nSPS) is 14.9. The van der Waals surface area contributed by atoms with Crippen molar-refractivity contribution in [2.75, 3.05) is 38.1 Å². The molecule has 0 bridgehead atoms. The summed E-state index contributed by atoms with van der Waals surface area (Å²) in [5.41, 5.74) is 2.50. The summed E-state index contributed by atoms with van der Waals surface area (Å²) < 4.78 is 6.47. The third kappa shape index (κ3) is 4.96. The number of hydrogen-bond acceptors (Lipinski definition) is 6. The van der Waals surface area contributed by atoms with Crippen molar-refractivity contribution in [3.63, 3.8) is 0 Å². The van der Waals surface area contributed by atoms with Crippen LogP contribution in [0, 0.1) is 0 Å². The van der Waals surface area contributed by atoms with Crippen LogP contribution in [0.25, 0.3) is 0 Å². The fourth-order valence-corrected chi connectivity index (χ4v) is 4.29. The minimum Gasteiger partial charge on any atom is -0.352 e. The van der Waals surface area contributed by atoms with E-state index >= 15 is 0 Å². The van der Waals surface area contributed by atoms with Crippen molar-refractivity contribution < 1.29 is 0 Å². The maximum absolute atomic E-state index is 4.61. The fourth-order valence-electron chi connectivity index (χ4n) is 3.49. The first-order chi connectivity index (χ1) is 14.7. The van der Waals surface area contributed by atoms with Gasteiger partial charge in [-0.2, -0.15) is 4.37 Å². The molecular weight excluding hydrogens is 396 g/mol. The van der Waals surface area contributed by atoms with Crippen LogP contribution in [0.15, 0.2) is 48.0 Å². The summed E-state index contributed by atoms with van der Waals surface area (Å²) in [6, 6.07) is 8.69. The number of nitrogens with one attached hydrogen (secondary N) is 1. The molecule has 0 spiro atoms. The molecule has 3 aromatic rings. The summed E-state index contributed by atoms with van der Waals surface area (Å²) in [6.07, 6.45) is 6.51. The van der Waals surface area contributed by atoms with E-state index in [4.69, 9.17) is 0 Å². The molecule has 1 aliphatic rings. The Labute approximate surface area is 181 Å². The summed E-state index contributed by atoms with van der Waals surface area (Å²) in [6.45, 7) is 7.40. The van der Waals surface area contributed by atoms with Gasteiger partial charge in [-0.25, -0.2) is 9.97 Å². The number of piperazine rings is 1. The second-order valence-corrected chi connectivity index (χ2v) is 8.00. The monoisotopic (exact) mass is 424 g/mol. The molecule has 0 unspecified atom stereocenters. The molecule has 0 atom stereocenters. The van der Waals surface area contributed by atoms with Gasteiger partial charge in [0.05, 0.1) is 6.33 Å². The highest BCUT2D eigenvalue weighted by atomic mass is 32.1. The van der Waals surface area contributed by atoms with Crippen LogP contribution in [0.4, 0.5) is 5.13 Å². The second-order valence-electron chi connectivity index (χ2n) is 7.27. The van der Waals surface area contributed by atoms with Gasteiger partial charge in [-0.15, -0.1) is 0 Å². The molecule has 0 saturated carbocycles. The highest BCUT2D eigenvalue weighted by Crippen LogP contribution is 2.19. The van der Waals surface area contributed by atoms with Crippen molar-refractivity contribution in [1.82, 2.24) is 29.1 Å². The van der Waals surface area contributed by atoms with Gasteiger partial charge < -0.3 is 19.7 Å². The number of imidazole rings is 1. The average Bonchev–Trinajstić information content (AvgIpc) is 3.48. The van der Waals surface area contributed by atoms with Crippen LogP contribution in [-0.2, 0) is 19.5 Å². The van der Waals surface area contributed by atoms with E-state index < -0.39 is 0 Å². The van der Waals surface area contributed by atoms with Crippen LogP contribution in [0.5, 0.6) is 0 Å². The molecule has 1 fully saturated rings. The van der Waals surface area contributed by atoms with Gasteiger partial charge in [-0.1, -0.05) is 31.2 Å². The van der Waals surface area contributed by atoms with Crippen LogP contribution in [0.3, 0.4) is 0 Å². The standard InChI is InChI=1S/C21H28N8S/c1-3-19-25-21(30-26-19)29-12-10-28(11-13-29)20(22-2)24-14-17-4-6-18(7-5-17)15-27-9-8-23-16-27/h4-9,16H,3,10-15H2,1-2H3,(H,22,24). The smallest absolute Gasteiger partial charge is 0.205 e. The summed E-state index contributed by atoms with van der Waals surface area (Å²) in [5, 5.41) is 4.54. The molecule has 0 amide bonds. The van der Waals surface area contributed by atoms with Crippen LogP contribution >= 0.6 is 11.5 Å². The number of hydrogen-bond donors (Lipinski definition) is 1. The Kier molecular flexibility index (Phi) is 6.58. The Morgan fingerprint density at radius 1 is 1.13 bits per heavy atom. The zero-order valence-electron chi connectivity index (χ0n) is 17.5. The van der Waals surface area contributed by atoms with Crippen molar-refractivity contribution in [3.8, 4) is 0 Å². The molecule has 0 radical (unpaired) electrons. The Bertz CT molecular complexity index is 940. The first-order valence-corrected chi connectivity index (χ1v) is 11.1. The van der Waals surface area contributed by atoms with Gasteiger partial charge in [0.15, 0.2) is 5.96 Å². The molecule has 1 aliphatic heterocycles. The number of aliphatic imine (C=N–C) groups is 1. The van der Waals surface area contributed by atoms with Gasteiger partial charge in [0, 0.05) is 76.7 Å². The van der Waals surface area contributed by atoms with Crippen LogP contribution in [-0.4, -0.2) is 63.0 Å². The lowest BCUT2D eigenvalue weighted by Gasteiger charge is -2.36. The topological polar surface area (TPSA) is 74.5 Å². The van der Waals surface area contributed by atoms with Crippen molar-refractivity contribution in [3.05, 3.63) is 59.9 Å². The number of rotatable bonds is 6. The highest BCUT2D eigenvalue weighted by Gasteiger charge is 2.21. The summed E-state index contributed by atoms with van der Waals surface area (Å²) >= 11 is 1.50. The summed E-state index contributed by atoms with van der Waals surface area (Å²) in [5.74, 6) is 1.88. The Hall–Kier alpha value is -2.94. The predicted octanol–water partition coefficient (Wildman–Crippen LogP) is 2.24. The van der Waals surface area contributed by atoms with E-state index in [1.807, 2.05) is 19.6 Å². The minimum atomic E-state index is 0.758. The Balaban J connectivity index is 1.27. The number of anilines is 1. The molecule has 1 saturated heterocycles. The first kappa shape index (κ1) is 20.3. The lowest BCUT2D eigenvalue weighted by atomic mass is 10.1. The first-order valence-electron chi connectivity index (χ1n) is 10.3. The summed E-state index contributed by atoms with van der Waals surface area (Å²) in [4.78, 5) is 17.8. The van der Waals surface area contributed by atoms with E-state index in [2.05, 4.69) is 70.2 Å². The van der Waals surface area contributed by atoms with Gasteiger partial charge in [0.2, 0.25) is 5.13 Å². The third-order valence-electron chi connectivity index (χ3n) is 5.23. The molecule has 3 heterocycles. The average molecular weight is 425 g/mol. The molecule has 2 aromatic heterocycles. The van der Waals surface area contributed by atoms with Gasteiger partial charge >= 0.3 is 0 Å². The minimum absolute atomic E-state index is 0.758. The lowest BCUT2D eigenvalue weighted by molar-refractivity contribution is 0.372. The van der Waals surface area contributed by atoms with E-state index in [1.165, 1.54) is 22.7 Å². The second kappa shape index (κ2) is 9.71. The number of guanidine groups is 1. The van der Waals surface area contributed by atoms with Crippen LogP contribution in [0.2, 0.25) is 0 Å². The molecule has 158 valence electrons. The zero-order valence-corrected chi connectivity index (χ0v) is 18.3. The van der Waals surface area contributed by atoms with E-state index in [-0.39, 0.29) is 0 Å². The fraction of sp³-hybridized carbons (Fsp3) is 0.429. The quantitative estimate of drug-likeness (QED) is 0.483. The van der Waals surface area contributed by atoms with Gasteiger partial charge in [0.25, 0.3) is 0 Å². The Morgan fingerprint density at radius 3 is 2.53 bits per heavy atom. The molecule has 30 heavy (non-hydrogen) atoms. The maximum Gasteiger partial charge on any atom is 0.205 e. The number of nitrogens with zero attached hydrogens (tertiary/aromatic N) is 7. The number of benzene rings is 1. The van der Waals surface area contributed by atoms with Gasteiger partial charge in [-0.05, 0) is 11.1 Å². The van der Waals surface area contributed by atoms with E-state index in [9.17, 15) is 0 Å². The molecule has 0 aliphatic carbocycles. The highest BCUT2D eigenvalue weighted by molar-refractivity contribution is 7.09. The predicted molar refractivity (Wildman–Crippen MR) is 121 cm³/mol. The van der Waals surface area contributed by atoms with Gasteiger partial charge in [0.1, 0.15) is 5.82 Å². The third-order valence-corrected chi connectivity index (χ3v) is 6.05. The molecule has 1 aromatic carbocycles. The van der Waals surface area contributed by atoms with Crippen molar-refractivity contribution >= 4 is 22.6 Å². The van der Waals surface area contributed by atoms with Crippen molar-refractivity contribution in [1.29, 1.82) is 0 Å². The molecule has 9 heteroatoms. The molecular formula is C21H28N8S. The molecule has 1 N–H and O–H groups in total. The SMILES string of the molecule is CCc1nsc(N2CCN(C(=NC)NCc3ccc(Cn4ccnc4)cc3)CC2)n1. The van der Waals surface area contributed by atoms with Crippen molar-refractivity contribution in [2.45, 2.75) is 26.4 Å². The lowest BCUT2D eigenvalue weighted by Crippen LogP contribution is -2.52. The van der Waals surface area contributed by atoms with Crippen LogP contribution < -0.4 is 10.2 Å². The summed E-state index contributed by atoms with van der Waals surface area (Å²) in [7, 11) is 1.85. The maximum atomic E-state index is 4.61. The number of aryl methyl sites for hydroxylation is 1. The molecule has 8 nitrogen and oxygen atoms in total. The zero-order chi connectivity index (χ0) is 20.8. The van der Waals surface area contributed by atoms with E-state index in [0.717, 1.165) is 62.6 Å². The Morgan fingerprint density at radius 2 is 1.90 bits per heavy atom. The largest absolute Gasteiger partial charge is 0.352 e. The van der Waals surface area contributed by atoms with Gasteiger partial charge in [-0.3, -0.25) is 4.99 Å². The van der Waals surface area contributed by atoms with E-state index in [0.29, 0.717) is 0 Å². The van der Waals surface area contributed by atoms with Crippen molar-refractivity contribution in [2.24, 2.45) is 4.99 Å². The van der Waals surface area contributed by atoms with Crippen LogP contribution in [0.1, 0.15) is 23.9 Å².